The van der Waals surface area contributed by atoms with E-state index in [1.165, 1.54) is 13.8 Å². The van der Waals surface area contributed by atoms with Gasteiger partial charge in [-0.25, -0.2) is 4.79 Å². The van der Waals surface area contributed by atoms with E-state index in [1.54, 1.807) is 0 Å². The Morgan fingerprint density at radius 3 is 2.42 bits per heavy atom. The van der Waals surface area contributed by atoms with Gasteiger partial charge in [0.25, 0.3) is 0 Å². The largest absolute Gasteiger partial charge is 1.00 e. The second-order valence-corrected chi connectivity index (χ2v) is 6.37. The fourth-order valence-corrected chi connectivity index (χ4v) is 2.82. The minimum atomic E-state index is -1.38. The van der Waals surface area contributed by atoms with Crippen molar-refractivity contribution >= 4 is 5.97 Å². The molecular weight excluding hydrogens is 268 g/mol. The predicted molar refractivity (Wildman–Crippen MR) is 68.0 cm³/mol. The van der Waals surface area contributed by atoms with Crippen LogP contribution < -0.4 is 12.4 Å². The van der Waals surface area contributed by atoms with Crippen LogP contribution in [0.1, 0.15) is 20.3 Å². The lowest BCUT2D eigenvalue weighted by molar-refractivity contribution is -0.921. The molecule has 1 spiro atoms. The summed E-state index contributed by atoms with van der Waals surface area (Å²) in [5, 5.41) is 9.60. The van der Waals surface area contributed by atoms with Crippen LogP contribution in [-0.4, -0.2) is 78.5 Å². The van der Waals surface area contributed by atoms with Crippen molar-refractivity contribution in [2.45, 2.75) is 32.0 Å². The molecule has 0 bridgehead atoms. The van der Waals surface area contributed by atoms with Crippen molar-refractivity contribution < 1.29 is 31.5 Å². The molecule has 0 saturated carbocycles. The summed E-state index contributed by atoms with van der Waals surface area (Å²) in [6, 6.07) is 0. The normalized spacial score (nSPS) is 27.1. The van der Waals surface area contributed by atoms with Crippen LogP contribution in [0.4, 0.5) is 0 Å². The molecule has 2 saturated heterocycles. The summed E-state index contributed by atoms with van der Waals surface area (Å²) in [4.78, 5) is 14.0. The van der Waals surface area contributed by atoms with E-state index in [1.807, 2.05) is 0 Å². The molecule has 6 heteroatoms. The molecule has 2 aliphatic rings. The second-order valence-electron chi connectivity index (χ2n) is 6.37. The number of quaternary nitrogens is 1. The Bertz CT molecular complexity index is 322. The van der Waals surface area contributed by atoms with Gasteiger partial charge in [0.15, 0.2) is 11.7 Å². The topological polar surface area (TPSA) is 49.8 Å². The molecule has 2 heterocycles. The van der Waals surface area contributed by atoms with E-state index in [9.17, 15) is 9.90 Å². The fraction of sp³-hybridized carbons (Fsp3) is 0.923. The highest BCUT2D eigenvalue weighted by Crippen LogP contribution is 2.25. The predicted octanol–water partition coefficient (Wildman–Crippen LogP) is -3.16. The maximum Gasteiger partial charge on any atom is 0.338 e. The molecule has 0 amide bonds. The summed E-state index contributed by atoms with van der Waals surface area (Å²) in [5.74, 6) is -0.498. The third-order valence-corrected chi connectivity index (χ3v) is 4.20. The van der Waals surface area contributed by atoms with Gasteiger partial charge in [-0.3, -0.25) is 4.90 Å². The summed E-state index contributed by atoms with van der Waals surface area (Å²) < 4.78 is 6.49. The molecule has 0 radical (unpaired) electrons. The highest BCUT2D eigenvalue weighted by Gasteiger charge is 2.42. The molecule has 1 N–H and O–H groups in total. The first-order chi connectivity index (χ1) is 8.31. The number of hydrogen-bond donors (Lipinski definition) is 1. The van der Waals surface area contributed by atoms with Gasteiger partial charge in [-0.15, -0.1) is 0 Å². The minimum Gasteiger partial charge on any atom is -1.00 e. The lowest BCUT2D eigenvalue weighted by atomic mass is 10.1. The number of aliphatic hydroxyl groups is 1. The van der Waals surface area contributed by atoms with E-state index >= 15 is 0 Å². The monoisotopic (exact) mass is 292 g/mol. The Hall–Kier alpha value is -0.360. The van der Waals surface area contributed by atoms with Crippen LogP contribution in [-0.2, 0) is 9.53 Å². The third kappa shape index (κ3) is 4.05. The maximum atomic E-state index is 11.7. The molecule has 0 aliphatic carbocycles. The van der Waals surface area contributed by atoms with Crippen LogP contribution in [0.5, 0.6) is 0 Å². The van der Waals surface area contributed by atoms with Crippen molar-refractivity contribution in [2.24, 2.45) is 0 Å². The zero-order valence-electron chi connectivity index (χ0n) is 12.1. The second kappa shape index (κ2) is 5.95. The number of nitrogens with zero attached hydrogens (tertiary/aromatic N) is 2. The standard InChI is InChI=1S/C13H25N2O3.ClH/c1-13(2,17)12(16)18-11-4-7-15(10-11)8-5-14(3)6-9-15;/h11,17H,4-10H2,1-3H3;1H/q+1;/p-1. The number of likely N-dealkylation sites (N-methyl/N-ethyl adjacent to an activating group) is 1. The quantitative estimate of drug-likeness (QED) is 0.431. The van der Waals surface area contributed by atoms with Gasteiger partial charge in [-0.2, -0.15) is 0 Å². The fourth-order valence-electron chi connectivity index (χ4n) is 2.82. The van der Waals surface area contributed by atoms with Crippen LogP contribution in [0.2, 0.25) is 0 Å². The first-order valence-corrected chi connectivity index (χ1v) is 6.78. The Morgan fingerprint density at radius 2 is 1.89 bits per heavy atom. The number of carbonyl (C=O) groups excluding carboxylic acids is 1. The number of carbonyl (C=O) groups is 1. The summed E-state index contributed by atoms with van der Waals surface area (Å²) >= 11 is 0. The molecule has 2 fully saturated rings. The van der Waals surface area contributed by atoms with Gasteiger partial charge in [0.2, 0.25) is 0 Å². The van der Waals surface area contributed by atoms with Crippen LogP contribution >= 0.6 is 0 Å². The summed E-state index contributed by atoms with van der Waals surface area (Å²) in [6.45, 7) is 9.49. The molecule has 19 heavy (non-hydrogen) atoms. The van der Waals surface area contributed by atoms with Crippen LogP contribution in [0.3, 0.4) is 0 Å². The summed E-state index contributed by atoms with van der Waals surface area (Å²) in [7, 11) is 2.15. The van der Waals surface area contributed by atoms with Crippen molar-refractivity contribution in [3.63, 3.8) is 0 Å². The minimum absolute atomic E-state index is 0. The molecule has 5 nitrogen and oxygen atoms in total. The highest BCUT2D eigenvalue weighted by atomic mass is 35.5. The molecule has 112 valence electrons. The van der Waals surface area contributed by atoms with Gasteiger partial charge in [-0.05, 0) is 20.9 Å². The first-order valence-electron chi connectivity index (χ1n) is 6.78. The highest BCUT2D eigenvalue weighted by molar-refractivity contribution is 5.78. The van der Waals surface area contributed by atoms with E-state index in [2.05, 4.69) is 11.9 Å². The van der Waals surface area contributed by atoms with Crippen molar-refractivity contribution in [3.8, 4) is 0 Å². The smallest absolute Gasteiger partial charge is 0.338 e. The van der Waals surface area contributed by atoms with E-state index in [0.29, 0.717) is 0 Å². The van der Waals surface area contributed by atoms with Crippen LogP contribution in [0.15, 0.2) is 0 Å². The molecule has 1 atom stereocenters. The lowest BCUT2D eigenvalue weighted by Gasteiger charge is -2.40. The van der Waals surface area contributed by atoms with Crippen molar-refractivity contribution in [1.82, 2.24) is 4.90 Å². The molecular formula is C13H25ClN2O3. The number of piperazine rings is 1. The van der Waals surface area contributed by atoms with Gasteiger partial charge in [0, 0.05) is 19.5 Å². The number of hydrogen-bond acceptors (Lipinski definition) is 4. The SMILES string of the molecule is CN1CC[N+]2(CCC(OC(=O)C(C)(C)O)C2)CC1.[Cl-]. The Kier molecular flexibility index (Phi) is 5.23. The summed E-state index contributed by atoms with van der Waals surface area (Å²) in [6.07, 6.45) is 0.901. The van der Waals surface area contributed by atoms with Crippen molar-refractivity contribution in [2.75, 3.05) is 46.3 Å². The Balaban J connectivity index is 0.00000180. The number of halogens is 1. The van der Waals surface area contributed by atoms with E-state index < -0.39 is 11.6 Å². The van der Waals surface area contributed by atoms with Crippen LogP contribution in [0, 0.1) is 0 Å². The van der Waals surface area contributed by atoms with E-state index in [4.69, 9.17) is 4.74 Å². The summed E-state index contributed by atoms with van der Waals surface area (Å²) in [5.41, 5.74) is -1.38. The molecule has 0 aromatic rings. The van der Waals surface area contributed by atoms with Gasteiger partial charge >= 0.3 is 5.97 Å². The van der Waals surface area contributed by atoms with E-state index in [-0.39, 0.29) is 18.5 Å². The van der Waals surface area contributed by atoms with Gasteiger partial charge in [0.1, 0.15) is 6.54 Å². The zero-order valence-corrected chi connectivity index (χ0v) is 12.8. The Morgan fingerprint density at radius 1 is 1.32 bits per heavy atom. The van der Waals surface area contributed by atoms with Crippen molar-refractivity contribution in [1.29, 1.82) is 0 Å². The van der Waals surface area contributed by atoms with Gasteiger partial charge in [0.05, 0.1) is 19.6 Å². The molecule has 0 aromatic heterocycles. The average Bonchev–Trinajstić information content (AvgIpc) is 2.65. The van der Waals surface area contributed by atoms with Crippen LogP contribution in [0.25, 0.3) is 0 Å². The number of esters is 1. The van der Waals surface area contributed by atoms with Gasteiger partial charge < -0.3 is 26.7 Å². The van der Waals surface area contributed by atoms with Crippen molar-refractivity contribution in [3.05, 3.63) is 0 Å². The Labute approximate surface area is 121 Å². The molecule has 0 aromatic carbocycles. The third-order valence-electron chi connectivity index (χ3n) is 4.20. The maximum absolute atomic E-state index is 11.7. The molecule has 2 aliphatic heterocycles. The average molecular weight is 293 g/mol. The number of ether oxygens (including phenoxy) is 1. The first kappa shape index (κ1) is 16.7. The number of rotatable bonds is 2. The molecule has 1 unspecified atom stereocenters. The zero-order chi connectivity index (χ0) is 13.4. The lowest BCUT2D eigenvalue weighted by Crippen LogP contribution is -3.00. The molecule has 2 rings (SSSR count). The van der Waals surface area contributed by atoms with Gasteiger partial charge in [-0.1, -0.05) is 0 Å². The van der Waals surface area contributed by atoms with E-state index in [0.717, 1.165) is 50.2 Å².